The van der Waals surface area contributed by atoms with Crippen molar-refractivity contribution in [1.29, 1.82) is 0 Å². The summed E-state index contributed by atoms with van der Waals surface area (Å²) < 4.78 is 1.78. The molecule has 2 rings (SSSR count). The van der Waals surface area contributed by atoms with Crippen LogP contribution in [0.15, 0.2) is 12.5 Å². The second-order valence-corrected chi connectivity index (χ2v) is 5.55. The molecule has 1 amide bonds. The first-order chi connectivity index (χ1) is 9.52. The van der Waals surface area contributed by atoms with Crippen LogP contribution in [0.4, 0.5) is 0 Å². The lowest BCUT2D eigenvalue weighted by Gasteiger charge is -2.38. The second kappa shape index (κ2) is 6.32. The number of aromatic nitrogens is 2. The van der Waals surface area contributed by atoms with Crippen molar-refractivity contribution in [3.8, 4) is 0 Å². The van der Waals surface area contributed by atoms with Crippen LogP contribution in [0.2, 0.25) is 0 Å². The van der Waals surface area contributed by atoms with Gasteiger partial charge < -0.3 is 15.2 Å². The van der Waals surface area contributed by atoms with E-state index in [9.17, 15) is 4.79 Å². The molecule has 1 saturated heterocycles. The fourth-order valence-corrected chi connectivity index (χ4v) is 2.88. The average molecular weight is 295 g/mol. The van der Waals surface area contributed by atoms with E-state index in [0.717, 1.165) is 19.5 Å². The van der Waals surface area contributed by atoms with E-state index in [1.165, 1.54) is 0 Å². The molecule has 0 bridgehead atoms. The Labute approximate surface area is 124 Å². The molecule has 0 aromatic carbocycles. The molecule has 1 aliphatic rings. The molecule has 110 valence electrons. The molecular weight excluding hydrogens is 274 g/mol. The highest BCUT2D eigenvalue weighted by atomic mass is 32.1. The Morgan fingerprint density at radius 3 is 2.55 bits per heavy atom. The smallest absolute Gasteiger partial charge is 0.274 e. The summed E-state index contributed by atoms with van der Waals surface area (Å²) in [6.45, 7) is 5.06. The van der Waals surface area contributed by atoms with Gasteiger partial charge in [0.25, 0.3) is 5.91 Å². The lowest BCUT2D eigenvalue weighted by molar-refractivity contribution is 0.0606. The Morgan fingerprint density at radius 2 is 2.10 bits per heavy atom. The molecule has 0 radical (unpaired) electrons. The van der Waals surface area contributed by atoms with Gasteiger partial charge in [-0.3, -0.25) is 9.69 Å². The minimum absolute atomic E-state index is 0.00590. The third-order valence-corrected chi connectivity index (χ3v) is 3.95. The summed E-state index contributed by atoms with van der Waals surface area (Å²) in [5, 5.41) is 0. The van der Waals surface area contributed by atoms with Crippen LogP contribution in [0, 0.1) is 0 Å². The van der Waals surface area contributed by atoms with Crippen molar-refractivity contribution in [2.24, 2.45) is 12.8 Å². The van der Waals surface area contributed by atoms with Gasteiger partial charge >= 0.3 is 0 Å². The zero-order valence-electron chi connectivity index (χ0n) is 12.0. The van der Waals surface area contributed by atoms with Crippen molar-refractivity contribution in [1.82, 2.24) is 19.4 Å². The maximum absolute atomic E-state index is 12.3. The molecule has 6 nitrogen and oxygen atoms in total. The predicted octanol–water partition coefficient (Wildman–Crippen LogP) is 0.243. The van der Waals surface area contributed by atoms with Crippen LogP contribution < -0.4 is 5.73 Å². The quantitative estimate of drug-likeness (QED) is 0.806. The van der Waals surface area contributed by atoms with Crippen LogP contribution in [-0.4, -0.2) is 62.5 Å². The van der Waals surface area contributed by atoms with E-state index in [1.54, 1.807) is 17.1 Å². The van der Waals surface area contributed by atoms with E-state index < -0.39 is 0 Å². The minimum Gasteiger partial charge on any atom is -0.392 e. The topological polar surface area (TPSA) is 67.4 Å². The second-order valence-electron chi connectivity index (χ2n) is 5.08. The van der Waals surface area contributed by atoms with Crippen molar-refractivity contribution in [2.45, 2.75) is 19.4 Å². The van der Waals surface area contributed by atoms with Gasteiger partial charge in [0.1, 0.15) is 5.69 Å². The summed E-state index contributed by atoms with van der Waals surface area (Å²) >= 11 is 5.10. The van der Waals surface area contributed by atoms with Gasteiger partial charge in [-0.2, -0.15) is 0 Å². The van der Waals surface area contributed by atoms with Crippen LogP contribution in [0.25, 0.3) is 0 Å². The van der Waals surface area contributed by atoms with E-state index in [1.807, 2.05) is 11.9 Å². The van der Waals surface area contributed by atoms with Crippen LogP contribution in [-0.2, 0) is 7.05 Å². The Hall–Kier alpha value is -1.47. The molecule has 2 heterocycles. The molecule has 1 aromatic rings. The number of hydrogen-bond donors (Lipinski definition) is 1. The van der Waals surface area contributed by atoms with E-state index in [2.05, 4.69) is 16.8 Å². The third kappa shape index (κ3) is 3.16. The summed E-state index contributed by atoms with van der Waals surface area (Å²) in [5.41, 5.74) is 6.26. The number of nitrogens with two attached hydrogens (primary N) is 1. The number of carbonyl (C=O) groups excluding carboxylic acids is 1. The fraction of sp³-hybridized carbons (Fsp3) is 0.615. The van der Waals surface area contributed by atoms with Gasteiger partial charge in [-0.15, -0.1) is 0 Å². The standard InChI is InChI=1S/C13H21N5OS/c1-3-11(12(14)20)17-4-6-18(7-5-17)13(19)10-8-16(2)9-15-10/h8-9,11H,3-7H2,1-2H3,(H2,14,20). The number of carbonyl (C=O) groups is 1. The van der Waals surface area contributed by atoms with Crippen molar-refractivity contribution >= 4 is 23.1 Å². The van der Waals surface area contributed by atoms with Gasteiger partial charge in [-0.05, 0) is 6.42 Å². The van der Waals surface area contributed by atoms with E-state index in [-0.39, 0.29) is 11.9 Å². The molecule has 7 heteroatoms. The number of hydrogen-bond acceptors (Lipinski definition) is 4. The SMILES string of the molecule is CCC(C(N)=S)N1CCN(C(=O)c2cn(C)cn2)CC1. The summed E-state index contributed by atoms with van der Waals surface area (Å²) in [4.78, 5) is 21.0. The Kier molecular flexibility index (Phi) is 4.72. The first-order valence-corrected chi connectivity index (χ1v) is 7.24. The molecule has 1 aliphatic heterocycles. The fourth-order valence-electron chi connectivity index (χ4n) is 2.56. The monoisotopic (exact) mass is 295 g/mol. The van der Waals surface area contributed by atoms with Gasteiger partial charge in [0, 0.05) is 39.4 Å². The largest absolute Gasteiger partial charge is 0.392 e. The van der Waals surface area contributed by atoms with E-state index in [4.69, 9.17) is 18.0 Å². The highest BCUT2D eigenvalue weighted by molar-refractivity contribution is 7.80. The first kappa shape index (κ1) is 14.9. The zero-order valence-corrected chi connectivity index (χ0v) is 12.8. The number of aryl methyl sites for hydroxylation is 1. The Morgan fingerprint density at radius 1 is 1.45 bits per heavy atom. The molecular formula is C13H21N5OS. The number of imidazole rings is 1. The number of nitrogens with zero attached hydrogens (tertiary/aromatic N) is 4. The van der Waals surface area contributed by atoms with Gasteiger partial charge in [-0.25, -0.2) is 4.98 Å². The van der Waals surface area contributed by atoms with E-state index in [0.29, 0.717) is 23.8 Å². The van der Waals surface area contributed by atoms with Gasteiger partial charge in [-0.1, -0.05) is 19.1 Å². The maximum atomic E-state index is 12.3. The highest BCUT2D eigenvalue weighted by Crippen LogP contribution is 2.12. The maximum Gasteiger partial charge on any atom is 0.274 e. The van der Waals surface area contributed by atoms with Crippen LogP contribution in [0.1, 0.15) is 23.8 Å². The number of amides is 1. The first-order valence-electron chi connectivity index (χ1n) is 6.83. The normalized spacial score (nSPS) is 18.0. The molecule has 0 spiro atoms. The summed E-state index contributed by atoms with van der Waals surface area (Å²) in [5.74, 6) is -0.00590. The lowest BCUT2D eigenvalue weighted by Crippen LogP contribution is -2.54. The van der Waals surface area contributed by atoms with E-state index >= 15 is 0 Å². The highest BCUT2D eigenvalue weighted by Gasteiger charge is 2.27. The number of rotatable bonds is 4. The molecule has 1 atom stereocenters. The van der Waals surface area contributed by atoms with Crippen LogP contribution >= 0.6 is 12.2 Å². The van der Waals surface area contributed by atoms with Gasteiger partial charge in [0.2, 0.25) is 0 Å². The summed E-state index contributed by atoms with van der Waals surface area (Å²) in [6.07, 6.45) is 4.30. The van der Waals surface area contributed by atoms with Crippen LogP contribution in [0.3, 0.4) is 0 Å². The molecule has 1 fully saturated rings. The molecule has 0 saturated carbocycles. The Bertz CT molecular complexity index is 493. The molecule has 1 aromatic heterocycles. The zero-order chi connectivity index (χ0) is 14.7. The van der Waals surface area contributed by atoms with Gasteiger partial charge in [0.05, 0.1) is 17.4 Å². The number of piperazine rings is 1. The van der Waals surface area contributed by atoms with Crippen LogP contribution in [0.5, 0.6) is 0 Å². The van der Waals surface area contributed by atoms with Crippen molar-refractivity contribution in [3.63, 3.8) is 0 Å². The summed E-state index contributed by atoms with van der Waals surface area (Å²) in [6, 6.07) is 0.136. The molecule has 2 N–H and O–H groups in total. The third-order valence-electron chi connectivity index (χ3n) is 3.68. The lowest BCUT2D eigenvalue weighted by atomic mass is 10.1. The van der Waals surface area contributed by atoms with Crippen molar-refractivity contribution in [3.05, 3.63) is 18.2 Å². The molecule has 20 heavy (non-hydrogen) atoms. The number of thiocarbonyl (C=S) groups is 1. The summed E-state index contributed by atoms with van der Waals surface area (Å²) in [7, 11) is 1.86. The minimum atomic E-state index is -0.00590. The average Bonchev–Trinajstić information content (AvgIpc) is 2.86. The molecule has 1 unspecified atom stereocenters. The van der Waals surface area contributed by atoms with Crippen molar-refractivity contribution < 1.29 is 4.79 Å². The predicted molar refractivity (Wildman–Crippen MR) is 81.5 cm³/mol. The molecule has 0 aliphatic carbocycles. The Balaban J connectivity index is 1.94. The van der Waals surface area contributed by atoms with Gasteiger partial charge in [0.15, 0.2) is 0 Å². The van der Waals surface area contributed by atoms with Crippen molar-refractivity contribution in [2.75, 3.05) is 26.2 Å².